The predicted molar refractivity (Wildman–Crippen MR) is 159 cm³/mol. The molecule has 2 aromatic rings. The number of nitrogens with zero attached hydrogens (tertiary/aromatic N) is 2. The fourth-order valence-corrected chi connectivity index (χ4v) is 5.81. The summed E-state index contributed by atoms with van der Waals surface area (Å²) in [5.74, 6) is 1.08. The summed E-state index contributed by atoms with van der Waals surface area (Å²) in [6.07, 6.45) is 7.47. The Labute approximate surface area is 240 Å². The third-order valence-corrected chi connectivity index (χ3v) is 8.40. The Kier molecular flexibility index (Phi) is 9.15. The summed E-state index contributed by atoms with van der Waals surface area (Å²) in [5, 5.41) is 15.2. The van der Waals surface area contributed by atoms with E-state index in [4.69, 9.17) is 14.2 Å². The largest absolute Gasteiger partial charge is 0.506 e. The van der Waals surface area contributed by atoms with Crippen molar-refractivity contribution in [3.05, 3.63) is 56.3 Å². The van der Waals surface area contributed by atoms with E-state index >= 15 is 0 Å². The number of amides is 1. The van der Waals surface area contributed by atoms with Gasteiger partial charge < -0.3 is 29.2 Å². The number of rotatable bonds is 7. The molecule has 1 saturated carbocycles. The van der Waals surface area contributed by atoms with Gasteiger partial charge in [0.1, 0.15) is 24.5 Å². The zero-order valence-corrected chi connectivity index (χ0v) is 24.1. The summed E-state index contributed by atoms with van der Waals surface area (Å²) in [6, 6.07) is 5.66. The van der Waals surface area contributed by atoms with Crippen molar-refractivity contribution in [1.29, 1.82) is 0 Å². The van der Waals surface area contributed by atoms with Crippen LogP contribution in [0.15, 0.2) is 29.1 Å². The molecule has 2 N–H and O–H groups in total. The lowest BCUT2D eigenvalue weighted by Gasteiger charge is -2.27. The van der Waals surface area contributed by atoms with Gasteiger partial charge in [-0.3, -0.25) is 14.5 Å². The first-order valence-electron chi connectivity index (χ1n) is 14.7. The Morgan fingerprint density at radius 3 is 2.49 bits per heavy atom. The van der Waals surface area contributed by atoms with Crippen LogP contribution in [0.25, 0.3) is 18.2 Å². The zero-order valence-electron chi connectivity index (χ0n) is 24.1. The predicted octanol–water partition coefficient (Wildman–Crippen LogP) is 2.26. The molecule has 3 heterocycles. The third-order valence-electron chi connectivity index (χ3n) is 8.40. The molecule has 1 aromatic carbocycles. The normalized spacial score (nSPS) is 22.0. The van der Waals surface area contributed by atoms with E-state index in [0.29, 0.717) is 67.5 Å². The van der Waals surface area contributed by atoms with Crippen LogP contribution in [0.5, 0.6) is 17.2 Å². The molecule has 9 nitrogen and oxygen atoms in total. The van der Waals surface area contributed by atoms with Gasteiger partial charge in [0.15, 0.2) is 11.5 Å². The first-order chi connectivity index (χ1) is 19.9. The molecule has 0 unspecified atom stereocenters. The number of hydrogen-bond acceptors (Lipinski definition) is 7. The maximum atomic E-state index is 13.8. The van der Waals surface area contributed by atoms with Crippen molar-refractivity contribution < 1.29 is 24.1 Å². The smallest absolute Gasteiger partial charge is 0.267 e. The molecule has 1 saturated heterocycles. The number of allylic oxidation sites excluding steroid dienone is 2. The van der Waals surface area contributed by atoms with E-state index in [1.54, 1.807) is 6.08 Å². The van der Waals surface area contributed by atoms with Crippen LogP contribution in [0, 0.1) is 5.92 Å². The monoisotopic (exact) mass is 563 g/mol. The third kappa shape index (κ3) is 6.52. The lowest BCUT2D eigenvalue weighted by Crippen LogP contribution is -2.50. The summed E-state index contributed by atoms with van der Waals surface area (Å²) in [7, 11) is 0. The summed E-state index contributed by atoms with van der Waals surface area (Å²) >= 11 is 0. The number of carbonyl (C=O) groups excluding carboxylic acids is 1. The Morgan fingerprint density at radius 1 is 1.07 bits per heavy atom. The van der Waals surface area contributed by atoms with Gasteiger partial charge in [-0.25, -0.2) is 0 Å². The molecule has 9 heteroatoms. The van der Waals surface area contributed by atoms with Crippen molar-refractivity contribution in [2.45, 2.75) is 52.1 Å². The van der Waals surface area contributed by atoms with Crippen LogP contribution in [0.1, 0.15) is 55.5 Å². The van der Waals surface area contributed by atoms with Gasteiger partial charge in [-0.15, -0.1) is 0 Å². The minimum absolute atomic E-state index is 0.0185. The molecule has 0 radical (unpaired) electrons. The highest BCUT2D eigenvalue weighted by atomic mass is 16.6. The van der Waals surface area contributed by atoms with E-state index in [9.17, 15) is 14.7 Å². The van der Waals surface area contributed by atoms with Gasteiger partial charge in [-0.2, -0.15) is 0 Å². The second kappa shape index (κ2) is 13.0. The Balaban J connectivity index is 1.55. The second-order valence-corrected chi connectivity index (χ2v) is 11.2. The number of ether oxygens (including phenoxy) is 3. The van der Waals surface area contributed by atoms with Gasteiger partial charge in [-0.1, -0.05) is 25.6 Å². The van der Waals surface area contributed by atoms with Crippen molar-refractivity contribution >= 4 is 24.1 Å². The average Bonchev–Trinajstić information content (AvgIpc) is 2.98. The van der Waals surface area contributed by atoms with Crippen LogP contribution in [0.3, 0.4) is 0 Å². The molecule has 1 aromatic heterocycles. The van der Waals surface area contributed by atoms with Gasteiger partial charge in [0.25, 0.3) is 11.5 Å². The number of morpholine rings is 1. The number of hydrogen-bond donors (Lipinski definition) is 2. The van der Waals surface area contributed by atoms with Crippen LogP contribution in [-0.4, -0.2) is 72.6 Å². The van der Waals surface area contributed by atoms with E-state index < -0.39 is 11.5 Å². The molecule has 2 aliphatic heterocycles. The van der Waals surface area contributed by atoms with Gasteiger partial charge in [-0.05, 0) is 67.9 Å². The average molecular weight is 564 g/mol. The first-order valence-corrected chi connectivity index (χ1v) is 14.7. The summed E-state index contributed by atoms with van der Waals surface area (Å²) in [5.41, 5.74) is 0.875. The highest BCUT2D eigenvalue weighted by Gasteiger charge is 2.26. The standard InChI is InChI=1S/C32H41N3O6/c1-4-23(24-7-10-27-28(20-24)41-18-17-40-27)19-26-22(3)35(12-11-34-13-15-39-16-14-34)32(38)29(30(26)36)31(37)33-25-8-5-21(2)6-9-25/h4,7,10,19-21,25,36H,3,5-6,8-9,11-18H2,1-2H3,(H,33,37)/b23-4+,26-19+. The van der Waals surface area contributed by atoms with Crippen molar-refractivity contribution in [1.82, 2.24) is 14.8 Å². The van der Waals surface area contributed by atoms with E-state index in [-0.39, 0.29) is 17.4 Å². The lowest BCUT2D eigenvalue weighted by molar-refractivity contribution is 0.0361. The van der Waals surface area contributed by atoms with Crippen LogP contribution < -0.4 is 30.9 Å². The molecular weight excluding hydrogens is 522 g/mol. The molecule has 0 spiro atoms. The number of aromatic hydroxyl groups is 1. The number of nitrogens with one attached hydrogen (secondary N) is 1. The zero-order chi connectivity index (χ0) is 28.9. The molecule has 2 fully saturated rings. The van der Waals surface area contributed by atoms with Crippen molar-refractivity contribution in [3.8, 4) is 17.2 Å². The molecular formula is C32H41N3O6. The number of carbonyl (C=O) groups is 1. The van der Waals surface area contributed by atoms with Crippen molar-refractivity contribution in [3.63, 3.8) is 0 Å². The van der Waals surface area contributed by atoms with Crippen LogP contribution >= 0.6 is 0 Å². The Morgan fingerprint density at radius 2 is 1.78 bits per heavy atom. The Hall–Kier alpha value is -3.56. The molecule has 0 atom stereocenters. The molecule has 1 amide bonds. The summed E-state index contributed by atoms with van der Waals surface area (Å²) in [6.45, 7) is 13.1. The number of fused-ring (bicyclic) bond motifs is 1. The molecule has 220 valence electrons. The van der Waals surface area contributed by atoms with E-state index in [1.165, 1.54) is 4.57 Å². The van der Waals surface area contributed by atoms with Crippen molar-refractivity contribution in [2.24, 2.45) is 5.92 Å². The quantitative estimate of drug-likeness (QED) is 0.533. The highest BCUT2D eigenvalue weighted by molar-refractivity contribution is 5.97. The van der Waals surface area contributed by atoms with E-state index in [1.807, 2.05) is 31.2 Å². The van der Waals surface area contributed by atoms with Crippen LogP contribution in [-0.2, 0) is 11.3 Å². The molecule has 0 bridgehead atoms. The minimum Gasteiger partial charge on any atom is -0.506 e. The van der Waals surface area contributed by atoms with E-state index in [2.05, 4.69) is 23.7 Å². The summed E-state index contributed by atoms with van der Waals surface area (Å²) < 4.78 is 18.4. The molecule has 3 aliphatic rings. The molecule has 5 rings (SSSR count). The van der Waals surface area contributed by atoms with Gasteiger partial charge >= 0.3 is 0 Å². The maximum absolute atomic E-state index is 13.8. The molecule has 1 aliphatic carbocycles. The van der Waals surface area contributed by atoms with Crippen LogP contribution in [0.4, 0.5) is 0 Å². The number of pyridine rings is 1. The fraction of sp³-hybridized carbons (Fsp3) is 0.500. The number of benzene rings is 1. The van der Waals surface area contributed by atoms with Gasteiger partial charge in [0.05, 0.1) is 13.2 Å². The summed E-state index contributed by atoms with van der Waals surface area (Å²) in [4.78, 5) is 29.5. The lowest BCUT2D eigenvalue weighted by atomic mass is 9.87. The topological polar surface area (TPSA) is 102 Å². The second-order valence-electron chi connectivity index (χ2n) is 11.2. The maximum Gasteiger partial charge on any atom is 0.267 e. The molecule has 41 heavy (non-hydrogen) atoms. The SMILES string of the molecule is C=c1/c(=C\C(=C/C)c2ccc3c(c2)OCCO3)c(O)c(C(=O)NC2CCC(C)CC2)c(=O)n1CCN1CCOCC1. The first kappa shape index (κ1) is 29.0. The van der Waals surface area contributed by atoms with E-state index in [0.717, 1.165) is 49.9 Å². The van der Waals surface area contributed by atoms with Crippen molar-refractivity contribution in [2.75, 3.05) is 46.1 Å². The highest BCUT2D eigenvalue weighted by Crippen LogP contribution is 2.33. The van der Waals surface area contributed by atoms with Gasteiger partial charge in [0, 0.05) is 42.8 Å². The fourth-order valence-electron chi connectivity index (χ4n) is 5.81. The van der Waals surface area contributed by atoms with Crippen LogP contribution in [0.2, 0.25) is 0 Å². The minimum atomic E-state index is -0.539. The Bertz CT molecular complexity index is 1470. The number of aromatic nitrogens is 1. The van der Waals surface area contributed by atoms with Gasteiger partial charge in [0.2, 0.25) is 0 Å².